The summed E-state index contributed by atoms with van der Waals surface area (Å²) in [5.41, 5.74) is 2.01. The maximum absolute atomic E-state index is 12.3. The normalized spacial score (nSPS) is 14.1. The highest BCUT2D eigenvalue weighted by atomic mass is 32.2. The van der Waals surface area contributed by atoms with Gasteiger partial charge in [-0.05, 0) is 48.4 Å². The number of amides is 2. The Hall–Kier alpha value is -2.41. The first kappa shape index (κ1) is 18.4. The van der Waals surface area contributed by atoms with Crippen LogP contribution in [-0.2, 0) is 11.3 Å². The monoisotopic (exact) mass is 376 g/mol. The van der Waals surface area contributed by atoms with Gasteiger partial charge in [0.25, 0.3) is 11.7 Å². The highest BCUT2D eigenvalue weighted by molar-refractivity contribution is 7.99. The summed E-state index contributed by atoms with van der Waals surface area (Å²) in [4.78, 5) is 26.2. The number of hydrogen-bond donors (Lipinski definition) is 1. The summed E-state index contributed by atoms with van der Waals surface area (Å²) in [6.45, 7) is 1.34. The molecule has 0 atom stereocenters. The van der Waals surface area contributed by atoms with Crippen molar-refractivity contribution in [2.75, 3.05) is 11.9 Å². The number of nitrogens with zero attached hydrogens (tertiary/aromatic N) is 1. The molecule has 1 saturated heterocycles. The van der Waals surface area contributed by atoms with Gasteiger partial charge in [0.15, 0.2) is 0 Å². The van der Waals surface area contributed by atoms with E-state index in [1.807, 2.05) is 17.0 Å². The number of carbonyl (C=O) groups is 2. The third kappa shape index (κ3) is 4.82. The first-order chi connectivity index (χ1) is 12.5. The third-order valence-electron chi connectivity index (χ3n) is 4.10. The lowest BCUT2D eigenvalue weighted by Gasteiger charge is -2.15. The molecule has 0 aliphatic carbocycles. The number of halogens is 2. The fourth-order valence-electron chi connectivity index (χ4n) is 2.78. The fraction of sp³-hybridized carbons (Fsp3) is 0.263. The summed E-state index contributed by atoms with van der Waals surface area (Å²) in [5, 5.41) is 2.74. The fourth-order valence-corrected chi connectivity index (χ4v) is 3.28. The van der Waals surface area contributed by atoms with Gasteiger partial charge >= 0.3 is 0 Å². The second kappa shape index (κ2) is 8.31. The summed E-state index contributed by atoms with van der Waals surface area (Å²) in [6.07, 6.45) is 1.50. The molecule has 1 N–H and O–H groups in total. The smallest absolute Gasteiger partial charge is 0.288 e. The first-order valence-electron chi connectivity index (χ1n) is 8.24. The number of alkyl halides is 2. The van der Waals surface area contributed by atoms with Gasteiger partial charge in [-0.2, -0.15) is 8.78 Å². The number of thioether (sulfide) groups is 1. The molecule has 26 heavy (non-hydrogen) atoms. The van der Waals surface area contributed by atoms with Crippen molar-refractivity contribution in [2.45, 2.75) is 30.0 Å². The summed E-state index contributed by atoms with van der Waals surface area (Å²) >= 11 is 0.463. The van der Waals surface area contributed by atoms with E-state index in [9.17, 15) is 18.4 Å². The van der Waals surface area contributed by atoms with Crippen molar-refractivity contribution in [3.8, 4) is 0 Å². The van der Waals surface area contributed by atoms with Crippen LogP contribution in [-0.4, -0.2) is 29.0 Å². The Morgan fingerprint density at radius 2 is 1.81 bits per heavy atom. The van der Waals surface area contributed by atoms with Gasteiger partial charge in [-0.1, -0.05) is 23.9 Å². The van der Waals surface area contributed by atoms with Crippen molar-refractivity contribution in [1.29, 1.82) is 0 Å². The molecule has 0 saturated carbocycles. The van der Waals surface area contributed by atoms with Crippen molar-refractivity contribution in [3.63, 3.8) is 0 Å². The van der Waals surface area contributed by atoms with E-state index in [0.29, 0.717) is 40.9 Å². The molecule has 3 rings (SSSR count). The Morgan fingerprint density at radius 1 is 1.12 bits per heavy atom. The van der Waals surface area contributed by atoms with Crippen LogP contribution in [0.4, 0.5) is 14.5 Å². The molecule has 0 aromatic heterocycles. The molecule has 1 heterocycles. The van der Waals surface area contributed by atoms with Crippen LogP contribution in [0.2, 0.25) is 0 Å². The number of hydrogen-bond acceptors (Lipinski definition) is 3. The number of nitrogens with one attached hydrogen (secondary N) is 1. The van der Waals surface area contributed by atoms with Crippen molar-refractivity contribution >= 4 is 29.3 Å². The van der Waals surface area contributed by atoms with Crippen LogP contribution < -0.4 is 5.32 Å². The molecule has 0 unspecified atom stereocenters. The van der Waals surface area contributed by atoms with Crippen LogP contribution in [0.5, 0.6) is 0 Å². The van der Waals surface area contributed by atoms with Gasteiger partial charge in [-0.25, -0.2) is 0 Å². The SMILES string of the molecule is O=C(Nc1ccc(SC(F)F)cc1)c1ccc(CN2CCCC2=O)cc1. The summed E-state index contributed by atoms with van der Waals surface area (Å²) in [7, 11) is 0. The Balaban J connectivity index is 1.58. The van der Waals surface area contributed by atoms with Crippen molar-refractivity contribution in [2.24, 2.45) is 0 Å². The summed E-state index contributed by atoms with van der Waals surface area (Å²) in [5.74, 6) is -2.58. The van der Waals surface area contributed by atoms with E-state index >= 15 is 0 Å². The van der Waals surface area contributed by atoms with E-state index in [-0.39, 0.29) is 11.8 Å². The van der Waals surface area contributed by atoms with Crippen LogP contribution in [0, 0.1) is 0 Å². The molecule has 2 amide bonds. The van der Waals surface area contributed by atoms with Crippen molar-refractivity contribution < 1.29 is 18.4 Å². The molecular formula is C19H18F2N2O2S. The molecule has 2 aromatic rings. The van der Waals surface area contributed by atoms with E-state index in [1.54, 1.807) is 36.4 Å². The molecule has 7 heteroatoms. The average Bonchev–Trinajstić information content (AvgIpc) is 3.01. The van der Waals surface area contributed by atoms with Crippen LogP contribution in [0.3, 0.4) is 0 Å². The van der Waals surface area contributed by atoms with Gasteiger partial charge in [0.2, 0.25) is 5.91 Å². The number of carbonyl (C=O) groups excluding carboxylic acids is 2. The maximum Gasteiger partial charge on any atom is 0.288 e. The van der Waals surface area contributed by atoms with Gasteiger partial charge < -0.3 is 10.2 Å². The Bertz CT molecular complexity index is 779. The second-order valence-corrected chi connectivity index (χ2v) is 7.04. The minimum absolute atomic E-state index is 0.167. The van der Waals surface area contributed by atoms with E-state index in [0.717, 1.165) is 18.5 Å². The van der Waals surface area contributed by atoms with Gasteiger partial charge in [0, 0.05) is 35.7 Å². The predicted molar refractivity (Wildman–Crippen MR) is 97.3 cm³/mol. The van der Waals surface area contributed by atoms with Gasteiger partial charge in [0.1, 0.15) is 0 Å². The first-order valence-corrected chi connectivity index (χ1v) is 9.12. The van der Waals surface area contributed by atoms with Gasteiger partial charge in [0.05, 0.1) is 0 Å². The molecular weight excluding hydrogens is 358 g/mol. The van der Waals surface area contributed by atoms with Crippen LogP contribution in [0.25, 0.3) is 0 Å². The molecule has 2 aromatic carbocycles. The molecule has 136 valence electrons. The highest BCUT2D eigenvalue weighted by Gasteiger charge is 2.20. The highest BCUT2D eigenvalue weighted by Crippen LogP contribution is 2.26. The number of likely N-dealkylation sites (tertiary alicyclic amines) is 1. The van der Waals surface area contributed by atoms with Crippen LogP contribution in [0.15, 0.2) is 53.4 Å². The average molecular weight is 376 g/mol. The number of anilines is 1. The molecule has 4 nitrogen and oxygen atoms in total. The minimum atomic E-state index is -2.47. The minimum Gasteiger partial charge on any atom is -0.338 e. The zero-order valence-corrected chi connectivity index (χ0v) is 14.8. The molecule has 1 aliphatic rings. The third-order valence-corrected chi connectivity index (χ3v) is 4.82. The zero-order valence-electron chi connectivity index (χ0n) is 14.0. The van der Waals surface area contributed by atoms with Gasteiger partial charge in [-0.15, -0.1) is 0 Å². The van der Waals surface area contributed by atoms with Crippen molar-refractivity contribution in [1.82, 2.24) is 4.90 Å². The summed E-state index contributed by atoms with van der Waals surface area (Å²) < 4.78 is 24.6. The van der Waals surface area contributed by atoms with Crippen LogP contribution >= 0.6 is 11.8 Å². The van der Waals surface area contributed by atoms with E-state index in [4.69, 9.17) is 0 Å². The van der Waals surface area contributed by atoms with E-state index in [2.05, 4.69) is 5.32 Å². The molecule has 0 radical (unpaired) electrons. The number of benzene rings is 2. The molecule has 0 spiro atoms. The zero-order chi connectivity index (χ0) is 18.5. The quantitative estimate of drug-likeness (QED) is 0.762. The number of rotatable bonds is 6. The van der Waals surface area contributed by atoms with E-state index < -0.39 is 5.76 Å². The van der Waals surface area contributed by atoms with Crippen molar-refractivity contribution in [3.05, 3.63) is 59.7 Å². The second-order valence-electron chi connectivity index (χ2n) is 5.97. The lowest BCUT2D eigenvalue weighted by atomic mass is 10.1. The topological polar surface area (TPSA) is 49.4 Å². The molecule has 1 fully saturated rings. The predicted octanol–water partition coefficient (Wildman–Crippen LogP) is 4.38. The largest absolute Gasteiger partial charge is 0.338 e. The van der Waals surface area contributed by atoms with Gasteiger partial charge in [-0.3, -0.25) is 9.59 Å². The maximum atomic E-state index is 12.3. The lowest BCUT2D eigenvalue weighted by Crippen LogP contribution is -2.23. The Kier molecular flexibility index (Phi) is 5.88. The van der Waals surface area contributed by atoms with Crippen LogP contribution in [0.1, 0.15) is 28.8 Å². The standard InChI is InChI=1S/C19H18F2N2O2S/c20-19(21)26-16-9-7-15(8-10-16)22-18(25)14-5-3-13(4-6-14)12-23-11-1-2-17(23)24/h3-10,19H,1-2,11-12H2,(H,22,25). The Morgan fingerprint density at radius 3 is 2.38 bits per heavy atom. The Labute approximate surface area is 154 Å². The summed E-state index contributed by atoms with van der Waals surface area (Å²) in [6, 6.07) is 13.4. The lowest BCUT2D eigenvalue weighted by molar-refractivity contribution is -0.128. The molecule has 0 bridgehead atoms. The molecule has 1 aliphatic heterocycles. The van der Waals surface area contributed by atoms with E-state index in [1.165, 1.54) is 0 Å².